The highest BCUT2D eigenvalue weighted by atomic mass is 16.7. The average molecular weight is 941 g/mol. The van der Waals surface area contributed by atoms with Gasteiger partial charge in [0.1, 0.15) is 78.5 Å². The predicted molar refractivity (Wildman–Crippen MR) is 325 cm³/mol. The van der Waals surface area contributed by atoms with Crippen LogP contribution in [-0.2, 0) is 9.31 Å². The molecule has 2 aromatic heterocycles. The lowest BCUT2D eigenvalue weighted by molar-refractivity contribution is 0.00578. The molecule has 0 spiro atoms. The normalized spacial score (nSPS) is 13.8. The van der Waals surface area contributed by atoms with Crippen LogP contribution in [0.25, 0.3) is 89.3 Å². The van der Waals surface area contributed by atoms with Crippen molar-refractivity contribution in [1.29, 1.82) is 0 Å². The van der Waals surface area contributed by atoms with Crippen LogP contribution < -0.4 is 60.1 Å². The number of aromatic nitrogens is 2. The van der Waals surface area contributed by atoms with E-state index in [0.29, 0.717) is 11.1 Å². The zero-order valence-electron chi connectivity index (χ0n) is 42.8. The lowest BCUT2D eigenvalue weighted by Gasteiger charge is -2.32. The molecule has 7 aromatic carbocycles. The van der Waals surface area contributed by atoms with E-state index in [1.165, 1.54) is 0 Å². The molecule has 1 aliphatic rings. The van der Waals surface area contributed by atoms with Crippen molar-refractivity contribution >= 4 is 146 Å². The van der Waals surface area contributed by atoms with E-state index in [-0.39, 0.29) is 54.6 Å². The molecule has 0 unspecified atom stereocenters. The number of rotatable bonds is 9. The standard InChI is InChI=1S/C60H41B11N2O2/c1-30-23-45(72-28-43(30)47-49(61)53(65)57(69)54(66)50(47)62)34-19-15-32(16-20-34)39-11-7-9-13-41(39)36-25-37(27-38(26-36)71-74-59(3,4)60(5,6)75-71)42-14-10-8-12-40(42)33-17-21-35(22-18-33)46-24-31(2)44(29-73-46)48-51(63)55(67)58(70)56(68)52(48)64/h7-29H,1-6H3. The molecule has 0 atom stereocenters. The van der Waals surface area contributed by atoms with Crippen molar-refractivity contribution in [2.75, 3.05) is 0 Å². The average Bonchev–Trinajstić information content (AvgIpc) is 3.64. The minimum absolute atomic E-state index is 0.169. The molecule has 0 N–H and O–H groups in total. The lowest BCUT2D eigenvalue weighted by Crippen LogP contribution is -2.55. The third-order valence-electron chi connectivity index (χ3n) is 15.1. The summed E-state index contributed by atoms with van der Waals surface area (Å²) >= 11 is 0. The summed E-state index contributed by atoms with van der Waals surface area (Å²) in [7, 11) is 62.0. The molecular weight excluding hydrogens is 900 g/mol. The van der Waals surface area contributed by atoms with Crippen LogP contribution in [0.5, 0.6) is 0 Å². The Bertz CT molecular complexity index is 3470. The first-order chi connectivity index (χ1) is 35.6. The van der Waals surface area contributed by atoms with Gasteiger partial charge in [-0.25, -0.2) is 0 Å². The van der Waals surface area contributed by atoms with Crippen molar-refractivity contribution < 1.29 is 9.31 Å². The van der Waals surface area contributed by atoms with Gasteiger partial charge in [-0.1, -0.05) is 131 Å². The zero-order valence-corrected chi connectivity index (χ0v) is 42.8. The topological polar surface area (TPSA) is 44.2 Å². The Morgan fingerprint density at radius 2 is 0.640 bits per heavy atom. The number of pyridine rings is 2. The van der Waals surface area contributed by atoms with Crippen LogP contribution in [0.1, 0.15) is 38.8 Å². The number of benzene rings is 7. The van der Waals surface area contributed by atoms with Crippen LogP contribution in [0.4, 0.5) is 0 Å². The highest BCUT2D eigenvalue weighted by Crippen LogP contribution is 2.41. The maximum Gasteiger partial charge on any atom is 0.494 e. The van der Waals surface area contributed by atoms with E-state index < -0.39 is 18.3 Å². The van der Waals surface area contributed by atoms with Gasteiger partial charge in [0.25, 0.3) is 0 Å². The predicted octanol–water partition coefficient (Wildman–Crippen LogP) is 2.67. The zero-order chi connectivity index (χ0) is 53.4. The van der Waals surface area contributed by atoms with E-state index in [9.17, 15) is 0 Å². The molecule has 4 nitrogen and oxygen atoms in total. The Kier molecular flexibility index (Phi) is 13.8. The Hall–Kier alpha value is -6.53. The maximum atomic E-state index is 6.72. The van der Waals surface area contributed by atoms with Crippen molar-refractivity contribution in [1.82, 2.24) is 9.97 Å². The largest absolute Gasteiger partial charge is 0.494 e. The van der Waals surface area contributed by atoms with Gasteiger partial charge in [-0.15, -0.1) is 32.8 Å². The molecule has 3 heterocycles. The summed E-state index contributed by atoms with van der Waals surface area (Å²) < 4.78 is 13.4. The van der Waals surface area contributed by atoms with Gasteiger partial charge in [-0.2, -0.15) is 0 Å². The number of nitrogens with zero attached hydrogens (tertiary/aromatic N) is 2. The summed E-state index contributed by atoms with van der Waals surface area (Å²) in [5.74, 6) is 0. The first-order valence-corrected chi connectivity index (χ1v) is 24.5. The SMILES string of the molecule is [B]c1c([B])c([B])c(-c2cnc(-c3ccc(-c4ccccc4-c4cc(B5OC(C)(C)C(C)(C)O5)cc(-c5ccccc5-c5ccc(-c6cc(C)c(-c7c([B])c([B])c([B])c([B])c7[B])cn6)cc5)c4)cc3)cc2C)c([B])c1[B]. The van der Waals surface area contributed by atoms with Crippen molar-refractivity contribution in [3.63, 3.8) is 0 Å². The van der Waals surface area contributed by atoms with Gasteiger partial charge in [0.05, 0.1) is 22.6 Å². The van der Waals surface area contributed by atoms with E-state index in [4.69, 9.17) is 97.7 Å². The van der Waals surface area contributed by atoms with Gasteiger partial charge in [0.2, 0.25) is 0 Å². The van der Waals surface area contributed by atoms with Crippen molar-refractivity contribution in [2.45, 2.75) is 52.7 Å². The van der Waals surface area contributed by atoms with E-state index in [1.54, 1.807) is 12.4 Å². The molecule has 1 fully saturated rings. The van der Waals surface area contributed by atoms with Crippen LogP contribution in [-0.4, -0.2) is 107 Å². The van der Waals surface area contributed by atoms with Crippen molar-refractivity contribution in [3.8, 4) is 89.3 Å². The number of aryl methyl sites for hydroxylation is 2. The van der Waals surface area contributed by atoms with E-state index in [0.717, 1.165) is 94.7 Å². The molecule has 75 heavy (non-hydrogen) atoms. The van der Waals surface area contributed by atoms with Gasteiger partial charge in [-0.05, 0) is 132 Å². The minimum atomic E-state index is -0.610. The molecule has 10 rings (SSSR count). The summed E-state index contributed by atoms with van der Waals surface area (Å²) in [6.07, 6.45) is 3.49. The highest BCUT2D eigenvalue weighted by molar-refractivity contribution is 6.70. The summed E-state index contributed by atoms with van der Waals surface area (Å²) in [6.45, 7) is 12.2. The fourth-order valence-corrected chi connectivity index (χ4v) is 9.92. The second-order valence-electron chi connectivity index (χ2n) is 20.3. The van der Waals surface area contributed by atoms with Crippen LogP contribution in [0.2, 0.25) is 0 Å². The van der Waals surface area contributed by atoms with Crippen molar-refractivity contribution in [3.05, 3.63) is 151 Å². The molecule has 336 valence electrons. The molecule has 1 aliphatic heterocycles. The Balaban J connectivity index is 1.00. The van der Waals surface area contributed by atoms with Gasteiger partial charge in [0, 0.05) is 34.6 Å². The lowest BCUT2D eigenvalue weighted by atomic mass is 9.59. The molecule has 9 aromatic rings. The first-order valence-electron chi connectivity index (χ1n) is 24.5. The highest BCUT2D eigenvalue weighted by Gasteiger charge is 2.52. The van der Waals surface area contributed by atoms with E-state index in [2.05, 4.69) is 143 Å². The summed E-state index contributed by atoms with van der Waals surface area (Å²) in [5, 5.41) is 0. The molecule has 20 radical (unpaired) electrons. The van der Waals surface area contributed by atoms with Gasteiger partial charge in [0.15, 0.2) is 0 Å². The first kappa shape index (κ1) is 51.9. The van der Waals surface area contributed by atoms with Crippen molar-refractivity contribution in [2.24, 2.45) is 0 Å². The molecule has 0 aliphatic carbocycles. The minimum Gasteiger partial charge on any atom is -0.399 e. The van der Waals surface area contributed by atoms with Crippen LogP contribution in [0.15, 0.2) is 140 Å². The molecule has 0 bridgehead atoms. The Morgan fingerprint density at radius 1 is 0.347 bits per heavy atom. The summed E-state index contributed by atoms with van der Waals surface area (Å²) in [6, 6.07) is 44.3. The fourth-order valence-electron chi connectivity index (χ4n) is 9.92. The maximum absolute atomic E-state index is 6.72. The van der Waals surface area contributed by atoms with Gasteiger partial charge < -0.3 is 9.31 Å². The van der Waals surface area contributed by atoms with Crippen LogP contribution in [0, 0.1) is 13.8 Å². The molecule has 0 saturated carbocycles. The summed E-state index contributed by atoms with van der Waals surface area (Å²) in [5.41, 5.74) is 18.0. The second kappa shape index (κ2) is 19.9. The third-order valence-corrected chi connectivity index (χ3v) is 15.1. The van der Waals surface area contributed by atoms with Gasteiger partial charge >= 0.3 is 7.12 Å². The van der Waals surface area contributed by atoms with Gasteiger partial charge in [-0.3, -0.25) is 9.97 Å². The second-order valence-corrected chi connectivity index (χ2v) is 20.3. The third kappa shape index (κ3) is 9.29. The number of hydrogen-bond donors (Lipinski definition) is 0. The van der Waals surface area contributed by atoms with E-state index in [1.807, 2.05) is 26.0 Å². The molecule has 1 saturated heterocycles. The Morgan fingerprint density at radius 3 is 0.960 bits per heavy atom. The monoisotopic (exact) mass is 942 g/mol. The molecular formula is C60H41B11N2O2. The van der Waals surface area contributed by atoms with Crippen LogP contribution >= 0.6 is 0 Å². The fraction of sp³-hybridized carbons (Fsp3) is 0.133. The smallest absolute Gasteiger partial charge is 0.399 e. The molecule has 0 amide bonds. The summed E-state index contributed by atoms with van der Waals surface area (Å²) in [4.78, 5) is 9.66. The van der Waals surface area contributed by atoms with Crippen LogP contribution in [0.3, 0.4) is 0 Å². The quantitative estimate of drug-likeness (QED) is 0.209. The molecule has 15 heteroatoms. The van der Waals surface area contributed by atoms with E-state index >= 15 is 0 Å². The number of hydrogen-bond acceptors (Lipinski definition) is 4. The Labute approximate surface area is 455 Å².